The number of carbonyl (C=O) groups excluding carboxylic acids is 1. The fourth-order valence-corrected chi connectivity index (χ4v) is 3.98. The van der Waals surface area contributed by atoms with Gasteiger partial charge in [0.05, 0.1) is 18.2 Å². The van der Waals surface area contributed by atoms with E-state index in [0.717, 1.165) is 31.7 Å². The van der Waals surface area contributed by atoms with E-state index in [1.165, 1.54) is 5.56 Å². The highest BCUT2D eigenvalue weighted by molar-refractivity contribution is 5.77. The van der Waals surface area contributed by atoms with Gasteiger partial charge in [0.25, 0.3) is 5.92 Å². The van der Waals surface area contributed by atoms with Crippen molar-refractivity contribution >= 4 is 5.91 Å². The molecule has 5 nitrogen and oxygen atoms in total. The monoisotopic (exact) mass is 374 g/mol. The van der Waals surface area contributed by atoms with Crippen LogP contribution in [0.25, 0.3) is 0 Å². The number of hydrogen-bond acceptors (Lipinski definition) is 3. The third-order valence-corrected chi connectivity index (χ3v) is 5.39. The highest BCUT2D eigenvalue weighted by Crippen LogP contribution is 2.37. The van der Waals surface area contributed by atoms with Crippen molar-refractivity contribution in [1.82, 2.24) is 20.0 Å². The third kappa shape index (κ3) is 4.35. The summed E-state index contributed by atoms with van der Waals surface area (Å²) >= 11 is 0. The van der Waals surface area contributed by atoms with Crippen LogP contribution in [-0.4, -0.2) is 45.6 Å². The normalized spacial score (nSPS) is 22.1. The molecule has 0 saturated heterocycles. The van der Waals surface area contributed by atoms with Gasteiger partial charge >= 0.3 is 0 Å². The molecule has 1 N–H and O–H groups in total. The first-order valence-electron chi connectivity index (χ1n) is 9.44. The minimum absolute atomic E-state index is 0.0693. The first-order valence-corrected chi connectivity index (χ1v) is 9.44. The van der Waals surface area contributed by atoms with Crippen LogP contribution in [0.15, 0.2) is 42.6 Å². The molecule has 1 saturated carbocycles. The van der Waals surface area contributed by atoms with Crippen LogP contribution < -0.4 is 5.32 Å². The van der Waals surface area contributed by atoms with E-state index in [0.29, 0.717) is 0 Å². The molecule has 1 amide bonds. The summed E-state index contributed by atoms with van der Waals surface area (Å²) in [6, 6.07) is 11.8. The van der Waals surface area contributed by atoms with E-state index in [-0.39, 0.29) is 31.2 Å². The Morgan fingerprint density at radius 1 is 1.22 bits per heavy atom. The second-order valence-electron chi connectivity index (χ2n) is 7.62. The Hall–Kier alpha value is -2.28. The molecule has 1 aliphatic heterocycles. The maximum atomic E-state index is 13.0. The molecule has 1 aliphatic carbocycles. The van der Waals surface area contributed by atoms with Gasteiger partial charge in [0.2, 0.25) is 5.91 Å². The molecule has 1 atom stereocenters. The van der Waals surface area contributed by atoms with Crippen molar-refractivity contribution < 1.29 is 13.6 Å². The highest BCUT2D eigenvalue weighted by atomic mass is 19.3. The van der Waals surface area contributed by atoms with E-state index in [9.17, 15) is 13.6 Å². The van der Waals surface area contributed by atoms with E-state index < -0.39 is 12.0 Å². The molecule has 144 valence electrons. The molecule has 0 spiro atoms. The lowest BCUT2D eigenvalue weighted by Crippen LogP contribution is -2.51. The Kier molecular flexibility index (Phi) is 4.95. The largest absolute Gasteiger partial charge is 0.353 e. The molecule has 0 radical (unpaired) electrons. The van der Waals surface area contributed by atoms with E-state index in [4.69, 9.17) is 0 Å². The number of carbonyl (C=O) groups is 1. The number of rotatable bonds is 6. The van der Waals surface area contributed by atoms with Crippen LogP contribution in [-0.2, 0) is 17.8 Å². The van der Waals surface area contributed by atoms with Gasteiger partial charge in [-0.1, -0.05) is 30.3 Å². The fraction of sp³-hybridized carbons (Fsp3) is 0.500. The molecule has 4 rings (SSSR count). The van der Waals surface area contributed by atoms with Crippen molar-refractivity contribution in [2.45, 2.75) is 50.2 Å². The van der Waals surface area contributed by atoms with Crippen LogP contribution in [0.1, 0.15) is 36.6 Å². The van der Waals surface area contributed by atoms with E-state index in [2.05, 4.69) is 27.4 Å². The number of amides is 1. The SMILES string of the molecule is O=C(C[C@H]1CN(CCc2ccccc2)Cc2ccnn21)NC1CC(F)(F)C1. The minimum Gasteiger partial charge on any atom is -0.353 e. The molecule has 1 fully saturated rings. The van der Waals surface area contributed by atoms with Crippen molar-refractivity contribution in [3.8, 4) is 0 Å². The summed E-state index contributed by atoms with van der Waals surface area (Å²) in [4.78, 5) is 14.7. The van der Waals surface area contributed by atoms with Gasteiger partial charge in [0.1, 0.15) is 0 Å². The Labute approximate surface area is 157 Å². The van der Waals surface area contributed by atoms with Crippen LogP contribution in [0.4, 0.5) is 8.78 Å². The van der Waals surface area contributed by atoms with Crippen molar-refractivity contribution in [3.05, 3.63) is 53.9 Å². The number of alkyl halides is 2. The van der Waals surface area contributed by atoms with E-state index >= 15 is 0 Å². The van der Waals surface area contributed by atoms with Gasteiger partial charge < -0.3 is 5.32 Å². The molecule has 2 aromatic rings. The first-order chi connectivity index (χ1) is 13.0. The highest BCUT2D eigenvalue weighted by Gasteiger charge is 2.46. The summed E-state index contributed by atoms with van der Waals surface area (Å²) in [5.41, 5.74) is 2.37. The lowest BCUT2D eigenvalue weighted by atomic mass is 9.88. The standard InChI is InChI=1S/C20H24F2N4O/c21-20(22)11-16(12-20)24-19(27)10-18-14-25(13-17-6-8-23-26(17)18)9-7-15-4-2-1-3-5-15/h1-6,8,16,18H,7,9-14H2,(H,24,27)/t18-/m0/s1. The van der Waals surface area contributed by atoms with Gasteiger partial charge in [-0.3, -0.25) is 14.4 Å². The number of nitrogens with one attached hydrogen (secondary N) is 1. The number of nitrogens with zero attached hydrogens (tertiary/aromatic N) is 3. The van der Waals surface area contributed by atoms with Crippen molar-refractivity contribution in [2.75, 3.05) is 13.1 Å². The van der Waals surface area contributed by atoms with Crippen LogP contribution in [0, 0.1) is 0 Å². The van der Waals surface area contributed by atoms with Crippen LogP contribution in [0.2, 0.25) is 0 Å². The average molecular weight is 374 g/mol. The summed E-state index contributed by atoms with van der Waals surface area (Å²) in [6.07, 6.45) is 2.47. The van der Waals surface area contributed by atoms with Gasteiger partial charge in [0, 0.05) is 44.7 Å². The molecule has 27 heavy (non-hydrogen) atoms. The van der Waals surface area contributed by atoms with Gasteiger partial charge in [-0.2, -0.15) is 5.10 Å². The topological polar surface area (TPSA) is 50.2 Å². The van der Waals surface area contributed by atoms with Crippen LogP contribution in [0.5, 0.6) is 0 Å². The first kappa shape index (κ1) is 18.1. The Bertz CT molecular complexity index is 784. The summed E-state index contributed by atoms with van der Waals surface area (Å²) < 4.78 is 27.8. The maximum absolute atomic E-state index is 13.0. The number of hydrogen-bond donors (Lipinski definition) is 1. The summed E-state index contributed by atoms with van der Waals surface area (Å²) in [7, 11) is 0. The smallest absolute Gasteiger partial charge is 0.252 e. The quantitative estimate of drug-likeness (QED) is 0.846. The van der Waals surface area contributed by atoms with Crippen LogP contribution in [0.3, 0.4) is 0 Å². The molecular formula is C20H24F2N4O. The van der Waals surface area contributed by atoms with Gasteiger partial charge in [-0.15, -0.1) is 0 Å². The molecule has 1 aromatic carbocycles. The second-order valence-corrected chi connectivity index (χ2v) is 7.62. The Morgan fingerprint density at radius 3 is 2.74 bits per heavy atom. The fourth-order valence-electron chi connectivity index (χ4n) is 3.98. The maximum Gasteiger partial charge on any atom is 0.252 e. The number of fused-ring (bicyclic) bond motifs is 1. The molecule has 0 bridgehead atoms. The van der Waals surface area contributed by atoms with Gasteiger partial charge in [-0.25, -0.2) is 8.78 Å². The number of benzene rings is 1. The molecule has 1 aromatic heterocycles. The lowest BCUT2D eigenvalue weighted by molar-refractivity contribution is -0.130. The zero-order valence-electron chi connectivity index (χ0n) is 15.2. The summed E-state index contributed by atoms with van der Waals surface area (Å²) in [5, 5.41) is 7.11. The van der Waals surface area contributed by atoms with Crippen molar-refractivity contribution in [3.63, 3.8) is 0 Å². The molecule has 2 heterocycles. The lowest BCUT2D eigenvalue weighted by Gasteiger charge is -2.37. The zero-order valence-corrected chi connectivity index (χ0v) is 15.2. The predicted molar refractivity (Wildman–Crippen MR) is 97.4 cm³/mol. The molecule has 0 unspecified atom stereocenters. The van der Waals surface area contributed by atoms with Crippen molar-refractivity contribution in [2.24, 2.45) is 0 Å². The molecular weight excluding hydrogens is 350 g/mol. The Balaban J connectivity index is 1.34. The Morgan fingerprint density at radius 2 is 2.00 bits per heavy atom. The molecule has 7 heteroatoms. The second kappa shape index (κ2) is 7.38. The van der Waals surface area contributed by atoms with Crippen molar-refractivity contribution in [1.29, 1.82) is 0 Å². The summed E-state index contributed by atoms with van der Waals surface area (Å²) in [5.74, 6) is -2.79. The number of halogens is 2. The van der Waals surface area contributed by atoms with Crippen LogP contribution >= 0.6 is 0 Å². The minimum atomic E-state index is -2.62. The number of aromatic nitrogens is 2. The van der Waals surface area contributed by atoms with Gasteiger partial charge in [-0.05, 0) is 18.1 Å². The van der Waals surface area contributed by atoms with Gasteiger partial charge in [0.15, 0.2) is 0 Å². The molecule has 2 aliphatic rings. The predicted octanol–water partition coefficient (Wildman–Crippen LogP) is 2.79. The third-order valence-electron chi connectivity index (χ3n) is 5.39. The zero-order chi connectivity index (χ0) is 18.9. The summed E-state index contributed by atoms with van der Waals surface area (Å²) in [6.45, 7) is 2.44. The average Bonchev–Trinajstić information content (AvgIpc) is 3.08. The van der Waals surface area contributed by atoms with E-state index in [1.807, 2.05) is 28.9 Å². The van der Waals surface area contributed by atoms with E-state index in [1.54, 1.807) is 6.20 Å².